The van der Waals surface area contributed by atoms with E-state index in [1.807, 2.05) is 18.4 Å². The van der Waals surface area contributed by atoms with E-state index in [1.165, 1.54) is 23.8 Å². The molecule has 2 N–H and O–H groups in total. The summed E-state index contributed by atoms with van der Waals surface area (Å²) in [5.74, 6) is 1.23. The molecule has 1 heterocycles. The molecule has 1 aromatic heterocycles. The molecule has 0 radical (unpaired) electrons. The molecule has 3 aromatic rings. The van der Waals surface area contributed by atoms with E-state index >= 15 is 0 Å². The predicted octanol–water partition coefficient (Wildman–Crippen LogP) is 5.17. The Labute approximate surface area is 189 Å². The minimum atomic E-state index is -3.85. The van der Waals surface area contributed by atoms with E-state index in [-0.39, 0.29) is 15.5 Å². The van der Waals surface area contributed by atoms with Gasteiger partial charge in [-0.2, -0.15) is 23.1 Å². The van der Waals surface area contributed by atoms with Crippen molar-refractivity contribution in [2.75, 3.05) is 17.0 Å². The van der Waals surface area contributed by atoms with E-state index in [0.717, 1.165) is 17.1 Å². The summed E-state index contributed by atoms with van der Waals surface area (Å²) in [6.07, 6.45) is 0. The third-order valence-electron chi connectivity index (χ3n) is 4.14. The van der Waals surface area contributed by atoms with Crippen LogP contribution in [0.25, 0.3) is 0 Å². The summed E-state index contributed by atoms with van der Waals surface area (Å²) in [4.78, 5) is 12.5. The van der Waals surface area contributed by atoms with E-state index in [0.29, 0.717) is 12.2 Å². The standard InChI is InChI=1S/C21H21ClN2O3S3/c1-15-3-2-4-17(11-15)24-30(26,27)18-5-6-20(22)19(12-18)21(25)23-8-10-29-14-16-7-9-28-13-16/h2-7,9,11-13,24H,8,10,14H2,1H3,(H,23,25). The smallest absolute Gasteiger partial charge is 0.261 e. The summed E-state index contributed by atoms with van der Waals surface area (Å²) in [6.45, 7) is 2.34. The van der Waals surface area contributed by atoms with Crippen LogP contribution in [0.5, 0.6) is 0 Å². The topological polar surface area (TPSA) is 75.3 Å². The van der Waals surface area contributed by atoms with E-state index in [9.17, 15) is 13.2 Å². The number of thiophene rings is 1. The van der Waals surface area contributed by atoms with Gasteiger partial charge in [-0.25, -0.2) is 8.42 Å². The molecule has 0 aliphatic rings. The molecule has 9 heteroatoms. The molecule has 3 rings (SSSR count). The average Bonchev–Trinajstić information content (AvgIpc) is 3.21. The number of thioether (sulfide) groups is 1. The minimum Gasteiger partial charge on any atom is -0.351 e. The van der Waals surface area contributed by atoms with Crippen LogP contribution in [0.2, 0.25) is 5.02 Å². The van der Waals surface area contributed by atoms with Gasteiger partial charge >= 0.3 is 0 Å². The van der Waals surface area contributed by atoms with Gasteiger partial charge in [-0.3, -0.25) is 9.52 Å². The van der Waals surface area contributed by atoms with Crippen molar-refractivity contribution in [2.24, 2.45) is 0 Å². The molecule has 158 valence electrons. The van der Waals surface area contributed by atoms with Gasteiger partial charge in [0.1, 0.15) is 0 Å². The molecule has 5 nitrogen and oxygen atoms in total. The molecule has 2 aromatic carbocycles. The number of benzene rings is 2. The maximum absolute atomic E-state index is 12.7. The van der Waals surface area contributed by atoms with Crippen LogP contribution in [0.15, 0.2) is 64.2 Å². The van der Waals surface area contributed by atoms with E-state index in [2.05, 4.69) is 21.5 Å². The summed E-state index contributed by atoms with van der Waals surface area (Å²) in [5.41, 5.74) is 2.78. The first-order valence-electron chi connectivity index (χ1n) is 9.11. The second kappa shape index (κ2) is 10.3. The van der Waals surface area contributed by atoms with Gasteiger partial charge in [0, 0.05) is 23.7 Å². The van der Waals surface area contributed by atoms with Crippen LogP contribution < -0.4 is 10.0 Å². The Kier molecular flexibility index (Phi) is 7.82. The highest BCUT2D eigenvalue weighted by molar-refractivity contribution is 7.98. The summed E-state index contributed by atoms with van der Waals surface area (Å²) >= 11 is 9.52. The summed E-state index contributed by atoms with van der Waals surface area (Å²) in [7, 11) is -3.85. The molecule has 1 amide bonds. The van der Waals surface area contributed by atoms with Gasteiger partial charge in [0.05, 0.1) is 15.5 Å². The lowest BCUT2D eigenvalue weighted by Gasteiger charge is -2.11. The van der Waals surface area contributed by atoms with Gasteiger partial charge in [0.15, 0.2) is 0 Å². The first-order chi connectivity index (χ1) is 14.3. The number of carbonyl (C=O) groups is 1. The maximum Gasteiger partial charge on any atom is 0.261 e. The number of carbonyl (C=O) groups excluding carboxylic acids is 1. The first kappa shape index (κ1) is 22.7. The largest absolute Gasteiger partial charge is 0.351 e. The maximum atomic E-state index is 12.7. The Bertz CT molecular complexity index is 1120. The van der Waals surface area contributed by atoms with Crippen LogP contribution >= 0.6 is 34.7 Å². The first-order valence-corrected chi connectivity index (χ1v) is 13.1. The number of aryl methyl sites for hydroxylation is 1. The number of sulfonamides is 1. The lowest BCUT2D eigenvalue weighted by molar-refractivity contribution is 0.0956. The molecule has 0 aliphatic heterocycles. The van der Waals surface area contributed by atoms with Crippen molar-refractivity contribution in [1.82, 2.24) is 5.32 Å². The molecule has 0 spiro atoms. The summed E-state index contributed by atoms with van der Waals surface area (Å²) < 4.78 is 28.0. The van der Waals surface area contributed by atoms with Crippen molar-refractivity contribution >= 4 is 56.3 Å². The Morgan fingerprint density at radius 2 is 2.00 bits per heavy atom. The van der Waals surface area contributed by atoms with Crippen molar-refractivity contribution < 1.29 is 13.2 Å². The fraction of sp³-hybridized carbons (Fsp3) is 0.190. The van der Waals surface area contributed by atoms with Crippen molar-refractivity contribution in [1.29, 1.82) is 0 Å². The normalized spacial score (nSPS) is 11.3. The minimum absolute atomic E-state index is 0.0228. The third-order valence-corrected chi connectivity index (χ3v) is 7.61. The molecule has 0 atom stereocenters. The molecule has 0 saturated carbocycles. The Hall–Kier alpha value is -2.00. The molecule has 0 aliphatic carbocycles. The number of anilines is 1. The monoisotopic (exact) mass is 480 g/mol. The van der Waals surface area contributed by atoms with Crippen LogP contribution in [0.1, 0.15) is 21.5 Å². The van der Waals surface area contributed by atoms with Gasteiger partial charge in [-0.05, 0) is 65.2 Å². The number of nitrogens with one attached hydrogen (secondary N) is 2. The van der Waals surface area contributed by atoms with E-state index in [4.69, 9.17) is 11.6 Å². The number of amides is 1. The van der Waals surface area contributed by atoms with Crippen LogP contribution in [-0.4, -0.2) is 26.6 Å². The highest BCUT2D eigenvalue weighted by atomic mass is 35.5. The Morgan fingerprint density at radius 3 is 2.73 bits per heavy atom. The molecule has 0 fully saturated rings. The van der Waals surface area contributed by atoms with Crippen LogP contribution in [0.4, 0.5) is 5.69 Å². The Balaban J connectivity index is 1.62. The number of halogens is 1. The van der Waals surface area contributed by atoms with Crippen molar-refractivity contribution in [3.63, 3.8) is 0 Å². The number of hydrogen-bond acceptors (Lipinski definition) is 5. The predicted molar refractivity (Wildman–Crippen MR) is 126 cm³/mol. The molecule has 0 bridgehead atoms. The van der Waals surface area contributed by atoms with Gasteiger partial charge in [-0.1, -0.05) is 23.7 Å². The van der Waals surface area contributed by atoms with E-state index < -0.39 is 15.9 Å². The number of hydrogen-bond donors (Lipinski definition) is 2. The molecule has 0 saturated heterocycles. The van der Waals surface area contributed by atoms with Crippen LogP contribution in [0, 0.1) is 6.92 Å². The van der Waals surface area contributed by atoms with Gasteiger partial charge < -0.3 is 5.32 Å². The van der Waals surface area contributed by atoms with Gasteiger partial charge in [0.2, 0.25) is 0 Å². The summed E-state index contributed by atoms with van der Waals surface area (Å²) in [5, 5.41) is 7.14. The molecular formula is C21H21ClN2O3S3. The summed E-state index contributed by atoms with van der Waals surface area (Å²) in [6, 6.07) is 13.2. The lowest BCUT2D eigenvalue weighted by atomic mass is 10.2. The highest BCUT2D eigenvalue weighted by Crippen LogP contribution is 2.23. The van der Waals surface area contributed by atoms with Gasteiger partial charge in [0.25, 0.3) is 15.9 Å². The average molecular weight is 481 g/mol. The van der Waals surface area contributed by atoms with E-state index in [1.54, 1.807) is 41.3 Å². The van der Waals surface area contributed by atoms with Crippen LogP contribution in [-0.2, 0) is 15.8 Å². The van der Waals surface area contributed by atoms with Crippen molar-refractivity contribution in [3.05, 3.63) is 81.0 Å². The SMILES string of the molecule is Cc1cccc(NS(=O)(=O)c2ccc(Cl)c(C(=O)NCCSCc3ccsc3)c2)c1. The fourth-order valence-electron chi connectivity index (χ4n) is 2.66. The zero-order valence-electron chi connectivity index (χ0n) is 16.2. The molecular weight excluding hydrogens is 460 g/mol. The van der Waals surface area contributed by atoms with Crippen molar-refractivity contribution in [2.45, 2.75) is 17.6 Å². The fourth-order valence-corrected chi connectivity index (χ4v) is 5.52. The second-order valence-electron chi connectivity index (χ2n) is 6.56. The third kappa shape index (κ3) is 6.25. The Morgan fingerprint density at radius 1 is 1.17 bits per heavy atom. The molecule has 30 heavy (non-hydrogen) atoms. The van der Waals surface area contributed by atoms with Crippen LogP contribution in [0.3, 0.4) is 0 Å². The lowest BCUT2D eigenvalue weighted by Crippen LogP contribution is -2.26. The molecule has 0 unspecified atom stereocenters. The zero-order valence-corrected chi connectivity index (χ0v) is 19.4. The number of rotatable bonds is 9. The highest BCUT2D eigenvalue weighted by Gasteiger charge is 2.19. The second-order valence-corrected chi connectivity index (χ2v) is 10.5. The van der Waals surface area contributed by atoms with Crippen molar-refractivity contribution in [3.8, 4) is 0 Å². The quantitative estimate of drug-likeness (QED) is 0.414. The van der Waals surface area contributed by atoms with Gasteiger partial charge in [-0.15, -0.1) is 0 Å². The zero-order chi connectivity index (χ0) is 21.6.